The van der Waals surface area contributed by atoms with Crippen LogP contribution in [0.2, 0.25) is 0 Å². The summed E-state index contributed by atoms with van der Waals surface area (Å²) in [6, 6.07) is 7.51. The van der Waals surface area contributed by atoms with Crippen LogP contribution in [0.1, 0.15) is 32.8 Å². The van der Waals surface area contributed by atoms with Crippen LogP contribution in [-0.4, -0.2) is 24.8 Å². The molecule has 0 bridgehead atoms. The first-order valence-electron chi connectivity index (χ1n) is 7.05. The third-order valence-electron chi connectivity index (χ3n) is 2.59. The van der Waals surface area contributed by atoms with Gasteiger partial charge >= 0.3 is 6.09 Å². The fourth-order valence-corrected chi connectivity index (χ4v) is 1.64. The molecule has 0 spiro atoms. The average molecular weight is 289 g/mol. The van der Waals surface area contributed by atoms with Crippen molar-refractivity contribution in [1.29, 1.82) is 0 Å². The molecule has 1 amide bonds. The van der Waals surface area contributed by atoms with Crippen molar-refractivity contribution in [2.45, 2.75) is 39.3 Å². The number of alkyl carbamates (subject to hydrolysis) is 1. The van der Waals surface area contributed by atoms with E-state index in [0.717, 1.165) is 25.1 Å². The highest BCUT2D eigenvalue weighted by Gasteiger charge is 2.15. The van der Waals surface area contributed by atoms with Gasteiger partial charge in [-0.05, 0) is 39.3 Å². The largest absolute Gasteiger partial charge is 0.444 e. The maximum absolute atomic E-state index is 11.4. The van der Waals surface area contributed by atoms with Crippen LogP contribution in [0.25, 0.3) is 4.85 Å². The van der Waals surface area contributed by atoms with Gasteiger partial charge in [0.25, 0.3) is 0 Å². The highest BCUT2D eigenvalue weighted by Crippen LogP contribution is 2.12. The van der Waals surface area contributed by atoms with Gasteiger partial charge < -0.3 is 15.4 Å². The molecule has 5 heteroatoms. The molecule has 0 unspecified atom stereocenters. The van der Waals surface area contributed by atoms with Crippen LogP contribution in [0.4, 0.5) is 10.5 Å². The lowest BCUT2D eigenvalue weighted by Gasteiger charge is -2.19. The molecule has 1 rings (SSSR count). The minimum absolute atomic E-state index is 0.378. The van der Waals surface area contributed by atoms with E-state index in [1.807, 2.05) is 45.0 Å². The fraction of sp³-hybridized carbons (Fsp3) is 0.500. The van der Waals surface area contributed by atoms with E-state index in [2.05, 4.69) is 15.5 Å². The summed E-state index contributed by atoms with van der Waals surface area (Å²) in [5.41, 5.74) is 1.34. The molecule has 0 saturated carbocycles. The smallest absolute Gasteiger partial charge is 0.407 e. The lowest BCUT2D eigenvalue weighted by atomic mass is 10.2. The van der Waals surface area contributed by atoms with Crippen molar-refractivity contribution < 1.29 is 9.53 Å². The minimum Gasteiger partial charge on any atom is -0.444 e. The van der Waals surface area contributed by atoms with E-state index in [1.165, 1.54) is 0 Å². The number of hydrogen-bond donors (Lipinski definition) is 2. The Morgan fingerprint density at radius 2 is 1.90 bits per heavy atom. The number of hydrogen-bond acceptors (Lipinski definition) is 3. The first-order chi connectivity index (χ1) is 9.90. The van der Waals surface area contributed by atoms with Crippen LogP contribution >= 0.6 is 0 Å². The second kappa shape index (κ2) is 8.28. The molecule has 1 aromatic carbocycles. The molecule has 0 aliphatic heterocycles. The lowest BCUT2D eigenvalue weighted by molar-refractivity contribution is 0.0527. The Kier molecular flexibility index (Phi) is 6.70. The van der Waals surface area contributed by atoms with Crippen molar-refractivity contribution in [1.82, 2.24) is 10.6 Å². The van der Waals surface area contributed by atoms with E-state index in [4.69, 9.17) is 11.3 Å². The summed E-state index contributed by atoms with van der Waals surface area (Å²) in [5, 5.41) is 6.01. The third-order valence-corrected chi connectivity index (χ3v) is 2.59. The number of nitrogens with one attached hydrogen (secondary N) is 2. The van der Waals surface area contributed by atoms with Crippen LogP contribution < -0.4 is 10.6 Å². The van der Waals surface area contributed by atoms with E-state index in [9.17, 15) is 4.79 Å². The van der Waals surface area contributed by atoms with Crippen molar-refractivity contribution in [2.24, 2.45) is 0 Å². The van der Waals surface area contributed by atoms with Crippen LogP contribution in [0.5, 0.6) is 0 Å². The Labute approximate surface area is 126 Å². The van der Waals surface area contributed by atoms with Gasteiger partial charge in [0, 0.05) is 13.1 Å². The molecule has 114 valence electrons. The Morgan fingerprint density at radius 3 is 2.48 bits per heavy atom. The molecule has 2 N–H and O–H groups in total. The number of carbonyl (C=O) groups excluding carboxylic acids is 1. The van der Waals surface area contributed by atoms with Gasteiger partial charge in [0.1, 0.15) is 5.60 Å². The summed E-state index contributed by atoms with van der Waals surface area (Å²) in [6.45, 7) is 14.5. The molecular formula is C16H23N3O2. The molecule has 0 fully saturated rings. The summed E-state index contributed by atoms with van der Waals surface area (Å²) in [6.07, 6.45) is 0.455. The Bertz CT molecular complexity index is 484. The van der Waals surface area contributed by atoms with Crippen LogP contribution in [0.15, 0.2) is 24.3 Å². The highest BCUT2D eigenvalue weighted by atomic mass is 16.6. The van der Waals surface area contributed by atoms with Gasteiger partial charge in [-0.25, -0.2) is 9.64 Å². The number of rotatable bonds is 6. The van der Waals surface area contributed by atoms with E-state index in [0.29, 0.717) is 12.2 Å². The predicted octanol–water partition coefficient (Wildman–Crippen LogP) is 3.24. The monoisotopic (exact) mass is 289 g/mol. The zero-order valence-electron chi connectivity index (χ0n) is 12.9. The Morgan fingerprint density at radius 1 is 1.24 bits per heavy atom. The van der Waals surface area contributed by atoms with E-state index >= 15 is 0 Å². The van der Waals surface area contributed by atoms with E-state index < -0.39 is 5.60 Å². The Hall–Kier alpha value is -2.06. The summed E-state index contributed by atoms with van der Waals surface area (Å²) in [4.78, 5) is 14.7. The van der Waals surface area contributed by atoms with E-state index in [1.54, 1.807) is 0 Å². The second-order valence-electron chi connectivity index (χ2n) is 5.74. The topological polar surface area (TPSA) is 54.7 Å². The van der Waals surface area contributed by atoms with Crippen molar-refractivity contribution in [3.05, 3.63) is 41.2 Å². The van der Waals surface area contributed by atoms with Crippen molar-refractivity contribution in [3.8, 4) is 0 Å². The SMILES string of the molecule is [C-]#[N+]c1ccc(CNCCCNC(=O)OC(C)(C)C)cc1. The summed E-state index contributed by atoms with van der Waals surface area (Å²) >= 11 is 0. The number of ether oxygens (including phenoxy) is 1. The van der Waals surface area contributed by atoms with Crippen LogP contribution in [0.3, 0.4) is 0 Å². The lowest BCUT2D eigenvalue weighted by Crippen LogP contribution is -2.33. The first kappa shape index (κ1) is 17.0. The highest BCUT2D eigenvalue weighted by molar-refractivity contribution is 5.67. The van der Waals surface area contributed by atoms with Crippen molar-refractivity contribution >= 4 is 11.8 Å². The van der Waals surface area contributed by atoms with Gasteiger partial charge in [-0.1, -0.05) is 24.3 Å². The average Bonchev–Trinajstić information content (AvgIpc) is 2.41. The van der Waals surface area contributed by atoms with Gasteiger partial charge in [-0.3, -0.25) is 0 Å². The Balaban J connectivity index is 2.09. The van der Waals surface area contributed by atoms with Crippen LogP contribution in [-0.2, 0) is 11.3 Å². The van der Waals surface area contributed by atoms with Gasteiger partial charge in [-0.15, -0.1) is 0 Å². The van der Waals surface area contributed by atoms with E-state index in [-0.39, 0.29) is 6.09 Å². The quantitative estimate of drug-likeness (QED) is 0.624. The fourth-order valence-electron chi connectivity index (χ4n) is 1.64. The summed E-state index contributed by atoms with van der Waals surface area (Å²) in [7, 11) is 0. The molecule has 0 aliphatic carbocycles. The number of nitrogens with zero attached hydrogens (tertiary/aromatic N) is 1. The second-order valence-corrected chi connectivity index (χ2v) is 5.74. The molecular weight excluding hydrogens is 266 g/mol. The molecule has 0 saturated heterocycles. The van der Waals surface area contributed by atoms with Gasteiger partial charge in [0.15, 0.2) is 5.69 Å². The maximum atomic E-state index is 11.4. The number of carbonyl (C=O) groups is 1. The van der Waals surface area contributed by atoms with Crippen LogP contribution in [0, 0.1) is 6.57 Å². The first-order valence-corrected chi connectivity index (χ1v) is 7.05. The molecule has 0 aromatic heterocycles. The zero-order chi connectivity index (χ0) is 15.7. The number of amides is 1. The van der Waals surface area contributed by atoms with Gasteiger partial charge in [0.05, 0.1) is 6.57 Å². The van der Waals surface area contributed by atoms with Gasteiger partial charge in [0.2, 0.25) is 0 Å². The van der Waals surface area contributed by atoms with Gasteiger partial charge in [-0.2, -0.15) is 0 Å². The minimum atomic E-state index is -0.459. The molecule has 0 radical (unpaired) electrons. The summed E-state index contributed by atoms with van der Waals surface area (Å²) in [5.74, 6) is 0. The molecule has 21 heavy (non-hydrogen) atoms. The molecule has 0 heterocycles. The predicted molar refractivity (Wildman–Crippen MR) is 83.3 cm³/mol. The molecule has 0 atom stereocenters. The zero-order valence-corrected chi connectivity index (χ0v) is 12.9. The number of benzene rings is 1. The normalized spacial score (nSPS) is 10.8. The van der Waals surface area contributed by atoms with Crippen molar-refractivity contribution in [2.75, 3.05) is 13.1 Å². The molecule has 5 nitrogen and oxygen atoms in total. The molecule has 0 aliphatic rings. The van der Waals surface area contributed by atoms with Crippen molar-refractivity contribution in [3.63, 3.8) is 0 Å². The molecule has 1 aromatic rings. The standard InChI is InChI=1S/C16H23N3O2/c1-16(2,3)21-15(20)19-11-5-10-18-12-13-6-8-14(17-4)9-7-13/h6-9,18H,5,10-12H2,1-3H3,(H,19,20). The third kappa shape index (κ3) is 7.95. The maximum Gasteiger partial charge on any atom is 0.407 e. The summed E-state index contributed by atoms with van der Waals surface area (Å²) < 4.78 is 5.14.